The molecule has 2 heteroatoms. The van der Waals surface area contributed by atoms with Crippen molar-refractivity contribution in [2.45, 2.75) is 20.3 Å². The molecule has 0 bridgehead atoms. The van der Waals surface area contributed by atoms with Crippen LogP contribution in [0.1, 0.15) is 24.6 Å². The van der Waals surface area contributed by atoms with E-state index in [0.29, 0.717) is 0 Å². The number of nitrogens with zero attached hydrogens (tertiary/aromatic N) is 2. The fourth-order valence-corrected chi connectivity index (χ4v) is 1.14. The van der Waals surface area contributed by atoms with E-state index >= 15 is 0 Å². The molecule has 0 aliphatic rings. The van der Waals surface area contributed by atoms with Crippen LogP contribution in [-0.4, -0.2) is 9.78 Å². The van der Waals surface area contributed by atoms with Crippen LogP contribution in [0.3, 0.4) is 0 Å². The van der Waals surface area contributed by atoms with E-state index in [4.69, 9.17) is 0 Å². The molecule has 0 aromatic carbocycles. The predicted molar refractivity (Wildman–Crippen MR) is 47.3 cm³/mol. The quantitative estimate of drug-likeness (QED) is 0.631. The van der Waals surface area contributed by atoms with E-state index in [1.165, 1.54) is 5.56 Å². The fourth-order valence-electron chi connectivity index (χ4n) is 1.14. The molecule has 0 aliphatic heterocycles. The first-order valence-corrected chi connectivity index (χ1v) is 3.83. The highest BCUT2D eigenvalue weighted by Gasteiger charge is 2.03. The summed E-state index contributed by atoms with van der Waals surface area (Å²) in [5.74, 6) is 0. The Balaban J connectivity index is 3.03. The first-order valence-electron chi connectivity index (χ1n) is 3.83. The summed E-state index contributed by atoms with van der Waals surface area (Å²) in [5.41, 5.74) is 3.42. The van der Waals surface area contributed by atoms with Gasteiger partial charge in [-0.1, -0.05) is 13.5 Å². The number of allylic oxidation sites excluding steroid dienone is 1. The van der Waals surface area contributed by atoms with Crippen molar-refractivity contribution in [1.29, 1.82) is 0 Å². The topological polar surface area (TPSA) is 17.8 Å². The van der Waals surface area contributed by atoms with Gasteiger partial charge < -0.3 is 0 Å². The average Bonchev–Trinajstić information content (AvgIpc) is 2.28. The monoisotopic (exact) mass is 150 g/mol. The second-order valence-corrected chi connectivity index (χ2v) is 2.76. The summed E-state index contributed by atoms with van der Waals surface area (Å²) >= 11 is 0. The molecule has 0 spiro atoms. The second kappa shape index (κ2) is 2.91. The maximum atomic E-state index is 4.24. The lowest BCUT2D eigenvalue weighted by atomic mass is 10.1. The molecule has 1 rings (SSSR count). The van der Waals surface area contributed by atoms with Crippen LogP contribution >= 0.6 is 0 Å². The number of aromatic nitrogens is 2. The summed E-state index contributed by atoms with van der Waals surface area (Å²) in [6.07, 6.45) is 3.01. The van der Waals surface area contributed by atoms with Gasteiger partial charge in [-0.2, -0.15) is 5.10 Å². The SMILES string of the molecule is C=C(CC)c1cn(C)nc1C. The van der Waals surface area contributed by atoms with Crippen molar-refractivity contribution >= 4 is 5.57 Å². The molecule has 0 fully saturated rings. The minimum absolute atomic E-state index is 0.993. The Kier molecular flexibility index (Phi) is 2.13. The maximum absolute atomic E-state index is 4.24. The van der Waals surface area contributed by atoms with Crippen LogP contribution in [-0.2, 0) is 7.05 Å². The van der Waals surface area contributed by atoms with Gasteiger partial charge in [0.1, 0.15) is 0 Å². The predicted octanol–water partition coefficient (Wildman–Crippen LogP) is 2.15. The Labute approximate surface area is 67.5 Å². The van der Waals surface area contributed by atoms with Gasteiger partial charge in [0.15, 0.2) is 0 Å². The average molecular weight is 150 g/mol. The lowest BCUT2D eigenvalue weighted by Gasteiger charge is -1.97. The zero-order valence-corrected chi connectivity index (χ0v) is 7.39. The van der Waals surface area contributed by atoms with E-state index < -0.39 is 0 Å². The van der Waals surface area contributed by atoms with Gasteiger partial charge in [0.05, 0.1) is 5.69 Å². The molecule has 60 valence electrons. The van der Waals surface area contributed by atoms with Crippen molar-refractivity contribution in [3.05, 3.63) is 24.0 Å². The Bertz CT molecular complexity index is 271. The van der Waals surface area contributed by atoms with Crippen molar-refractivity contribution in [2.24, 2.45) is 7.05 Å². The molecular weight excluding hydrogens is 136 g/mol. The Morgan fingerprint density at radius 1 is 1.73 bits per heavy atom. The van der Waals surface area contributed by atoms with Crippen molar-refractivity contribution in [3.8, 4) is 0 Å². The highest BCUT2D eigenvalue weighted by Crippen LogP contribution is 2.17. The third-order valence-electron chi connectivity index (χ3n) is 1.82. The molecule has 0 atom stereocenters. The standard InChI is InChI=1S/C9H14N2/c1-5-7(2)9-6-11(4)10-8(9)3/h6H,2,5H2,1,3-4H3. The van der Waals surface area contributed by atoms with E-state index in [2.05, 4.69) is 18.6 Å². The van der Waals surface area contributed by atoms with Crippen LogP contribution in [0, 0.1) is 6.92 Å². The van der Waals surface area contributed by atoms with Gasteiger partial charge in [0, 0.05) is 18.8 Å². The largest absolute Gasteiger partial charge is 0.275 e. The molecule has 0 saturated heterocycles. The number of rotatable bonds is 2. The van der Waals surface area contributed by atoms with Crippen LogP contribution in [0.2, 0.25) is 0 Å². The van der Waals surface area contributed by atoms with Gasteiger partial charge in [0.2, 0.25) is 0 Å². The Hall–Kier alpha value is -1.05. The zero-order valence-electron chi connectivity index (χ0n) is 7.39. The van der Waals surface area contributed by atoms with Crippen LogP contribution in [0.4, 0.5) is 0 Å². The summed E-state index contributed by atoms with van der Waals surface area (Å²) in [5, 5.41) is 4.24. The maximum Gasteiger partial charge on any atom is 0.0668 e. The number of hydrogen-bond donors (Lipinski definition) is 0. The Morgan fingerprint density at radius 2 is 2.36 bits per heavy atom. The molecule has 1 heterocycles. The highest BCUT2D eigenvalue weighted by atomic mass is 15.2. The van der Waals surface area contributed by atoms with Crippen molar-refractivity contribution in [1.82, 2.24) is 9.78 Å². The first-order chi connectivity index (χ1) is 5.15. The molecule has 0 amide bonds. The molecule has 0 radical (unpaired) electrons. The van der Waals surface area contributed by atoms with Gasteiger partial charge in [0.25, 0.3) is 0 Å². The van der Waals surface area contributed by atoms with Crippen LogP contribution in [0.15, 0.2) is 12.8 Å². The van der Waals surface area contributed by atoms with E-state index in [0.717, 1.165) is 17.7 Å². The summed E-state index contributed by atoms with van der Waals surface area (Å²) in [7, 11) is 1.93. The van der Waals surface area contributed by atoms with Crippen LogP contribution in [0.5, 0.6) is 0 Å². The molecule has 0 N–H and O–H groups in total. The summed E-state index contributed by atoms with van der Waals surface area (Å²) in [6.45, 7) is 8.08. The first kappa shape index (κ1) is 8.05. The molecule has 1 aromatic rings. The molecule has 1 aromatic heterocycles. The van der Waals surface area contributed by atoms with Gasteiger partial charge >= 0.3 is 0 Å². The second-order valence-electron chi connectivity index (χ2n) is 2.76. The van der Waals surface area contributed by atoms with Gasteiger partial charge in [-0.25, -0.2) is 0 Å². The van der Waals surface area contributed by atoms with Gasteiger partial charge in [-0.05, 0) is 18.9 Å². The molecule has 0 saturated carbocycles. The number of hydrogen-bond acceptors (Lipinski definition) is 1. The summed E-state index contributed by atoms with van der Waals surface area (Å²) in [6, 6.07) is 0. The molecule has 11 heavy (non-hydrogen) atoms. The van der Waals surface area contributed by atoms with E-state index in [1.807, 2.05) is 24.9 Å². The normalized spacial score (nSPS) is 10.1. The minimum atomic E-state index is 0.993. The fraction of sp³-hybridized carbons (Fsp3) is 0.444. The summed E-state index contributed by atoms with van der Waals surface area (Å²) in [4.78, 5) is 0. The molecule has 0 aliphatic carbocycles. The Morgan fingerprint density at radius 3 is 2.73 bits per heavy atom. The van der Waals surface area contributed by atoms with E-state index in [9.17, 15) is 0 Å². The van der Waals surface area contributed by atoms with E-state index in [-0.39, 0.29) is 0 Å². The lowest BCUT2D eigenvalue weighted by molar-refractivity contribution is 0.756. The van der Waals surface area contributed by atoms with E-state index in [1.54, 1.807) is 0 Å². The highest BCUT2D eigenvalue weighted by molar-refractivity contribution is 5.64. The van der Waals surface area contributed by atoms with Gasteiger partial charge in [-0.3, -0.25) is 4.68 Å². The molecular formula is C9H14N2. The summed E-state index contributed by atoms with van der Waals surface area (Å²) < 4.78 is 1.82. The van der Waals surface area contributed by atoms with Crippen LogP contribution < -0.4 is 0 Å². The van der Waals surface area contributed by atoms with Crippen molar-refractivity contribution in [3.63, 3.8) is 0 Å². The third-order valence-corrected chi connectivity index (χ3v) is 1.82. The van der Waals surface area contributed by atoms with Gasteiger partial charge in [-0.15, -0.1) is 0 Å². The third kappa shape index (κ3) is 1.50. The zero-order chi connectivity index (χ0) is 8.43. The lowest BCUT2D eigenvalue weighted by Crippen LogP contribution is -1.86. The molecule has 0 unspecified atom stereocenters. The molecule has 2 nitrogen and oxygen atoms in total. The van der Waals surface area contributed by atoms with Crippen LogP contribution in [0.25, 0.3) is 5.57 Å². The minimum Gasteiger partial charge on any atom is -0.275 e. The van der Waals surface area contributed by atoms with Crippen molar-refractivity contribution < 1.29 is 0 Å². The van der Waals surface area contributed by atoms with Crippen molar-refractivity contribution in [2.75, 3.05) is 0 Å². The number of aryl methyl sites for hydroxylation is 2. The smallest absolute Gasteiger partial charge is 0.0668 e.